The Hall–Kier alpha value is -4.14. The number of hydrogen-bond acceptors (Lipinski definition) is 6. The summed E-state index contributed by atoms with van der Waals surface area (Å²) < 4.78 is 7.56. The van der Waals surface area contributed by atoms with Gasteiger partial charge in [0, 0.05) is 31.4 Å². The molecule has 1 aliphatic rings. The number of anilines is 1. The van der Waals surface area contributed by atoms with E-state index in [1.807, 2.05) is 25.1 Å². The number of fused-ring (bicyclic) bond motifs is 1. The Balaban J connectivity index is 1.37. The fourth-order valence-electron chi connectivity index (χ4n) is 5.52. The van der Waals surface area contributed by atoms with Gasteiger partial charge in [-0.1, -0.05) is 19.4 Å². The molecule has 0 bridgehead atoms. The van der Waals surface area contributed by atoms with Gasteiger partial charge in [0.15, 0.2) is 5.52 Å². The van der Waals surface area contributed by atoms with Gasteiger partial charge in [-0.3, -0.25) is 14.3 Å². The van der Waals surface area contributed by atoms with E-state index in [1.165, 1.54) is 5.56 Å². The number of nitrogens with one attached hydrogen (secondary N) is 1. The van der Waals surface area contributed by atoms with Crippen LogP contribution in [0.5, 0.6) is 5.75 Å². The standard InChI is InChI=1S/C30H36N6O3/c1-4-6-24-26-27(35(3)34-24)30(38)33-29(32-26)23-18-20(7-12-25(23)39-5-2)17-19-13-15-36(16-14-19)22-10-8-21(9-11-22)28(31)37/h7-12,18-19H,4-6,13-17H2,1-3H3,(H2,31,37)(H,32,33,38). The molecule has 9 nitrogen and oxygen atoms in total. The average molecular weight is 529 g/mol. The number of rotatable bonds is 9. The van der Waals surface area contributed by atoms with Crippen molar-refractivity contribution in [1.82, 2.24) is 19.7 Å². The predicted octanol–water partition coefficient (Wildman–Crippen LogP) is 4.23. The van der Waals surface area contributed by atoms with Gasteiger partial charge >= 0.3 is 0 Å². The number of aromatic amines is 1. The van der Waals surface area contributed by atoms with E-state index in [9.17, 15) is 9.59 Å². The highest BCUT2D eigenvalue weighted by Gasteiger charge is 2.22. The Bertz CT molecular complexity index is 1530. The molecule has 1 fully saturated rings. The minimum absolute atomic E-state index is 0.198. The quantitative estimate of drug-likeness (QED) is 0.336. The lowest BCUT2D eigenvalue weighted by atomic mass is 9.89. The summed E-state index contributed by atoms with van der Waals surface area (Å²) in [7, 11) is 1.78. The van der Waals surface area contributed by atoms with Gasteiger partial charge in [0.05, 0.1) is 17.9 Å². The lowest BCUT2D eigenvalue weighted by molar-refractivity contribution is 0.100. The van der Waals surface area contributed by atoms with E-state index in [2.05, 4.69) is 34.0 Å². The summed E-state index contributed by atoms with van der Waals surface area (Å²) in [5.74, 6) is 1.35. The van der Waals surface area contributed by atoms with Crippen LogP contribution < -0.4 is 20.9 Å². The maximum absolute atomic E-state index is 13.1. The number of amides is 1. The fourth-order valence-corrected chi connectivity index (χ4v) is 5.52. The number of nitrogens with two attached hydrogens (primary N) is 1. The normalized spacial score (nSPS) is 14.2. The number of H-pyrrole nitrogens is 1. The van der Waals surface area contributed by atoms with E-state index in [1.54, 1.807) is 23.9 Å². The van der Waals surface area contributed by atoms with Gasteiger partial charge in [-0.15, -0.1) is 0 Å². The van der Waals surface area contributed by atoms with E-state index in [0.717, 1.165) is 62.1 Å². The van der Waals surface area contributed by atoms with Crippen LogP contribution in [-0.4, -0.2) is 45.4 Å². The lowest BCUT2D eigenvalue weighted by Gasteiger charge is -2.34. The minimum Gasteiger partial charge on any atom is -0.493 e. The van der Waals surface area contributed by atoms with Crippen LogP contribution in [0.15, 0.2) is 47.3 Å². The third kappa shape index (κ3) is 5.53. The number of benzene rings is 2. The Morgan fingerprint density at radius 3 is 2.54 bits per heavy atom. The molecule has 1 aliphatic heterocycles. The molecular formula is C30H36N6O3. The summed E-state index contributed by atoms with van der Waals surface area (Å²) >= 11 is 0. The predicted molar refractivity (Wildman–Crippen MR) is 153 cm³/mol. The molecule has 0 atom stereocenters. The second kappa shape index (κ2) is 11.3. The zero-order chi connectivity index (χ0) is 27.5. The van der Waals surface area contributed by atoms with Crippen LogP contribution in [0, 0.1) is 5.92 Å². The molecule has 0 spiro atoms. The smallest absolute Gasteiger partial charge is 0.277 e. The molecule has 1 amide bonds. The van der Waals surface area contributed by atoms with E-state index in [-0.39, 0.29) is 5.56 Å². The molecule has 204 valence electrons. The van der Waals surface area contributed by atoms with Crippen molar-refractivity contribution in [1.29, 1.82) is 0 Å². The fraction of sp³-hybridized carbons (Fsp3) is 0.400. The molecule has 3 N–H and O–H groups in total. The average Bonchev–Trinajstić information content (AvgIpc) is 3.25. The summed E-state index contributed by atoms with van der Waals surface area (Å²) in [5.41, 5.74) is 10.8. The van der Waals surface area contributed by atoms with Crippen molar-refractivity contribution < 1.29 is 9.53 Å². The summed E-state index contributed by atoms with van der Waals surface area (Å²) in [4.78, 5) is 34.7. The van der Waals surface area contributed by atoms with Crippen LogP contribution in [0.3, 0.4) is 0 Å². The number of carbonyl (C=O) groups excluding carboxylic acids is 1. The molecule has 0 saturated carbocycles. The highest BCUT2D eigenvalue weighted by Crippen LogP contribution is 2.32. The van der Waals surface area contributed by atoms with Crippen molar-refractivity contribution in [3.05, 3.63) is 69.6 Å². The molecule has 9 heteroatoms. The molecule has 4 aromatic rings. The van der Waals surface area contributed by atoms with Crippen LogP contribution in [0.25, 0.3) is 22.4 Å². The van der Waals surface area contributed by atoms with Crippen molar-refractivity contribution in [3.63, 3.8) is 0 Å². The number of aromatic nitrogens is 4. The van der Waals surface area contributed by atoms with Gasteiger partial charge in [0.1, 0.15) is 17.1 Å². The molecule has 2 aromatic carbocycles. The van der Waals surface area contributed by atoms with Crippen LogP contribution in [0.2, 0.25) is 0 Å². The Labute approximate surface area is 228 Å². The van der Waals surface area contributed by atoms with Crippen molar-refractivity contribution in [3.8, 4) is 17.1 Å². The first-order valence-corrected chi connectivity index (χ1v) is 13.7. The van der Waals surface area contributed by atoms with E-state index < -0.39 is 5.91 Å². The number of nitrogens with zero attached hydrogens (tertiary/aromatic N) is 4. The first-order chi connectivity index (χ1) is 18.9. The summed E-state index contributed by atoms with van der Waals surface area (Å²) in [5, 5.41) is 4.55. The van der Waals surface area contributed by atoms with Gasteiger partial charge in [-0.2, -0.15) is 5.10 Å². The Morgan fingerprint density at radius 1 is 1.13 bits per heavy atom. The number of aryl methyl sites for hydroxylation is 2. The molecule has 5 rings (SSSR count). The maximum atomic E-state index is 13.1. The van der Waals surface area contributed by atoms with E-state index in [0.29, 0.717) is 40.7 Å². The molecule has 0 radical (unpaired) electrons. The van der Waals surface area contributed by atoms with Crippen molar-refractivity contribution in [2.75, 3.05) is 24.6 Å². The first-order valence-electron chi connectivity index (χ1n) is 13.7. The Morgan fingerprint density at radius 2 is 1.87 bits per heavy atom. The van der Waals surface area contributed by atoms with Crippen LogP contribution in [0.4, 0.5) is 5.69 Å². The third-order valence-corrected chi connectivity index (χ3v) is 7.50. The number of ether oxygens (including phenoxy) is 1. The minimum atomic E-state index is -0.406. The van der Waals surface area contributed by atoms with Crippen LogP contribution >= 0.6 is 0 Å². The molecule has 2 aromatic heterocycles. The largest absolute Gasteiger partial charge is 0.493 e. The number of piperidine rings is 1. The second-order valence-corrected chi connectivity index (χ2v) is 10.2. The number of carbonyl (C=O) groups is 1. The molecule has 0 unspecified atom stereocenters. The summed E-state index contributed by atoms with van der Waals surface area (Å²) in [6.45, 7) is 6.47. The van der Waals surface area contributed by atoms with E-state index in [4.69, 9.17) is 15.5 Å². The SMILES string of the molecule is CCCc1nn(C)c2c(=O)[nH]c(-c3cc(CC4CCN(c5ccc(C(N)=O)cc5)CC4)ccc3OCC)nc12. The highest BCUT2D eigenvalue weighted by molar-refractivity contribution is 5.93. The van der Waals surface area contributed by atoms with E-state index >= 15 is 0 Å². The van der Waals surface area contributed by atoms with Crippen molar-refractivity contribution in [2.24, 2.45) is 18.7 Å². The van der Waals surface area contributed by atoms with Crippen LogP contribution in [0.1, 0.15) is 54.7 Å². The topological polar surface area (TPSA) is 119 Å². The number of hydrogen-bond donors (Lipinski definition) is 2. The molecule has 1 saturated heterocycles. The highest BCUT2D eigenvalue weighted by atomic mass is 16.5. The van der Waals surface area contributed by atoms with Gasteiger partial charge in [-0.05, 0) is 80.5 Å². The lowest BCUT2D eigenvalue weighted by Crippen LogP contribution is -2.34. The summed E-state index contributed by atoms with van der Waals surface area (Å²) in [6.07, 6.45) is 4.76. The van der Waals surface area contributed by atoms with Gasteiger partial charge in [-0.25, -0.2) is 4.98 Å². The first kappa shape index (κ1) is 26.5. The molecule has 3 heterocycles. The zero-order valence-electron chi connectivity index (χ0n) is 22.9. The molecule has 39 heavy (non-hydrogen) atoms. The summed E-state index contributed by atoms with van der Waals surface area (Å²) in [6, 6.07) is 13.7. The van der Waals surface area contributed by atoms with Gasteiger partial charge < -0.3 is 20.4 Å². The number of primary amides is 1. The van der Waals surface area contributed by atoms with Crippen molar-refractivity contribution in [2.45, 2.75) is 46.0 Å². The molecule has 0 aliphatic carbocycles. The van der Waals surface area contributed by atoms with Crippen LogP contribution in [-0.2, 0) is 19.9 Å². The van der Waals surface area contributed by atoms with Crippen molar-refractivity contribution >= 4 is 22.6 Å². The second-order valence-electron chi connectivity index (χ2n) is 10.2. The monoisotopic (exact) mass is 528 g/mol. The van der Waals surface area contributed by atoms with Gasteiger partial charge in [0.25, 0.3) is 5.56 Å². The van der Waals surface area contributed by atoms with Gasteiger partial charge in [0.2, 0.25) is 5.91 Å². The maximum Gasteiger partial charge on any atom is 0.277 e. The Kier molecular flexibility index (Phi) is 7.67. The third-order valence-electron chi connectivity index (χ3n) is 7.50. The zero-order valence-corrected chi connectivity index (χ0v) is 22.9. The molecular weight excluding hydrogens is 492 g/mol.